The fourth-order valence-corrected chi connectivity index (χ4v) is 6.15. The van der Waals surface area contributed by atoms with Gasteiger partial charge in [-0.2, -0.15) is 0 Å². The highest BCUT2D eigenvalue weighted by Crippen LogP contribution is 2.30. The van der Waals surface area contributed by atoms with Crippen LogP contribution >= 0.6 is 0 Å². The molecule has 1 aliphatic rings. The third kappa shape index (κ3) is 15.5. The molecule has 7 heteroatoms. The summed E-state index contributed by atoms with van der Waals surface area (Å²) in [7, 11) is -3.38. The lowest BCUT2D eigenvalue weighted by Crippen LogP contribution is -2.31. The minimum Gasteiger partial charge on any atom is -0.520 e. The topological polar surface area (TPSA) is 57.1 Å². The van der Waals surface area contributed by atoms with Gasteiger partial charge in [-0.3, -0.25) is 4.79 Å². The zero-order valence-corrected chi connectivity index (χ0v) is 26.0. The first-order valence-corrected chi connectivity index (χ1v) is 20.8. The molecule has 1 rings (SSSR count). The monoisotopic (exact) mass is 523 g/mol. The summed E-state index contributed by atoms with van der Waals surface area (Å²) in [6.45, 7) is 17.8. The maximum absolute atomic E-state index is 11.9. The summed E-state index contributed by atoms with van der Waals surface area (Å²) in [5, 5.41) is 4.44. The van der Waals surface area contributed by atoms with Crippen molar-refractivity contribution >= 4 is 28.3 Å². The van der Waals surface area contributed by atoms with Gasteiger partial charge in [0, 0.05) is 6.42 Å². The summed E-state index contributed by atoms with van der Waals surface area (Å²) in [6.07, 6.45) is 17.3. The molecule has 0 bridgehead atoms. The minimum absolute atomic E-state index is 0.0322. The number of carbonyl (C=O) groups excluding carboxylic acids is 1. The minimum atomic E-state index is -1.77. The van der Waals surface area contributed by atoms with Crippen LogP contribution in [0.1, 0.15) is 90.9 Å². The third-order valence-electron chi connectivity index (χ3n) is 5.76. The van der Waals surface area contributed by atoms with Gasteiger partial charge in [0.25, 0.3) is 5.97 Å². The van der Waals surface area contributed by atoms with E-state index >= 15 is 0 Å². The van der Waals surface area contributed by atoms with Crippen LogP contribution in [-0.4, -0.2) is 41.0 Å². The Morgan fingerprint density at radius 3 is 2.29 bits per heavy atom. The lowest BCUT2D eigenvalue weighted by Gasteiger charge is -2.24. The average molecular weight is 524 g/mol. The highest BCUT2D eigenvalue weighted by Gasteiger charge is 2.23. The molecule has 5 nitrogen and oxygen atoms in total. The Morgan fingerprint density at radius 1 is 0.943 bits per heavy atom. The van der Waals surface area contributed by atoms with Crippen molar-refractivity contribution in [1.82, 2.24) is 0 Å². The van der Waals surface area contributed by atoms with Crippen molar-refractivity contribution in [1.29, 1.82) is 0 Å². The van der Waals surface area contributed by atoms with Crippen LogP contribution in [0.2, 0.25) is 39.3 Å². The number of nitrogens with zero attached hydrogens (tertiary/aromatic N) is 1. The van der Waals surface area contributed by atoms with Crippen molar-refractivity contribution in [2.45, 2.75) is 136 Å². The molecule has 0 heterocycles. The van der Waals surface area contributed by atoms with Crippen LogP contribution in [0.3, 0.4) is 0 Å². The molecular formula is C28H53NO4Si2. The standard InChI is InChI=1S/C28H53NO4Si2/c1-9-11-14-17-25(32-34(3,4)5)22-20-24-21-23-27(29-31-10-2)26(24)18-15-12-13-16-19-28(30)33-35(6,7)8/h20,22,25H,9-19,21,23H2,1-8H3/b22-20+,29-27+/t25-/m0/s1. The fourth-order valence-electron chi connectivity index (χ4n) is 4.26. The first-order chi connectivity index (χ1) is 16.4. The zero-order chi connectivity index (χ0) is 26.3. The van der Waals surface area contributed by atoms with Gasteiger partial charge in [-0.15, -0.1) is 0 Å². The largest absolute Gasteiger partial charge is 0.520 e. The molecule has 0 spiro atoms. The molecule has 0 aromatic heterocycles. The summed E-state index contributed by atoms with van der Waals surface area (Å²) in [5.74, 6) is -0.0322. The van der Waals surface area contributed by atoms with Crippen molar-refractivity contribution in [3.63, 3.8) is 0 Å². The number of carbonyl (C=O) groups is 1. The Balaban J connectivity index is 2.74. The predicted octanol–water partition coefficient (Wildman–Crippen LogP) is 8.54. The molecule has 1 atom stereocenters. The van der Waals surface area contributed by atoms with Crippen LogP contribution in [0.15, 0.2) is 28.5 Å². The van der Waals surface area contributed by atoms with Gasteiger partial charge >= 0.3 is 0 Å². The molecule has 0 amide bonds. The van der Waals surface area contributed by atoms with Crippen LogP contribution in [0, 0.1) is 0 Å². The van der Waals surface area contributed by atoms with Crippen molar-refractivity contribution in [2.75, 3.05) is 6.61 Å². The molecule has 1 aliphatic carbocycles. The number of oxime groups is 1. The van der Waals surface area contributed by atoms with Gasteiger partial charge in [0.1, 0.15) is 6.61 Å². The van der Waals surface area contributed by atoms with Crippen molar-refractivity contribution < 1.29 is 18.5 Å². The Kier molecular flexibility index (Phi) is 15.0. The Bertz CT molecular complexity index is 717. The molecule has 35 heavy (non-hydrogen) atoms. The molecule has 0 fully saturated rings. The van der Waals surface area contributed by atoms with Crippen LogP contribution < -0.4 is 0 Å². The predicted molar refractivity (Wildman–Crippen MR) is 154 cm³/mol. The number of unbranched alkanes of at least 4 members (excludes halogenated alkanes) is 5. The Morgan fingerprint density at radius 2 is 1.66 bits per heavy atom. The molecule has 0 aromatic carbocycles. The van der Waals surface area contributed by atoms with Gasteiger partial charge in [0.2, 0.25) is 8.32 Å². The van der Waals surface area contributed by atoms with Gasteiger partial charge in [0.05, 0.1) is 11.8 Å². The maximum atomic E-state index is 11.9. The lowest BCUT2D eigenvalue weighted by atomic mass is 10.0. The van der Waals surface area contributed by atoms with Crippen molar-refractivity contribution in [2.24, 2.45) is 5.16 Å². The van der Waals surface area contributed by atoms with Crippen LogP contribution in [0.25, 0.3) is 0 Å². The highest BCUT2D eigenvalue weighted by atomic mass is 28.4. The molecule has 0 aromatic rings. The fraction of sp³-hybridized carbons (Fsp3) is 0.786. The van der Waals surface area contributed by atoms with Gasteiger partial charge < -0.3 is 13.7 Å². The average Bonchev–Trinajstić information content (AvgIpc) is 3.12. The van der Waals surface area contributed by atoms with E-state index in [1.807, 2.05) is 6.92 Å². The molecule has 0 aliphatic heterocycles. The van der Waals surface area contributed by atoms with Gasteiger partial charge in [-0.05, 0) is 95.9 Å². The Labute approximate surface area is 218 Å². The lowest BCUT2D eigenvalue weighted by molar-refractivity contribution is -0.135. The van der Waals surface area contributed by atoms with E-state index in [-0.39, 0.29) is 12.1 Å². The normalized spacial score (nSPS) is 17.0. The maximum Gasteiger partial charge on any atom is 0.292 e. The number of rotatable bonds is 18. The smallest absolute Gasteiger partial charge is 0.292 e. The van der Waals surface area contributed by atoms with E-state index in [1.54, 1.807) is 0 Å². The number of hydrogen-bond acceptors (Lipinski definition) is 5. The first kappa shape index (κ1) is 31.8. The van der Waals surface area contributed by atoms with Crippen LogP contribution in [0.5, 0.6) is 0 Å². The SMILES string of the molecule is CCCCC[C@@H](/C=C/C1=C(CCCCCCC(=O)O[Si](C)(C)C)C(=N/OCC)/CC1)O[Si](C)(C)C. The second kappa shape index (κ2) is 16.5. The quantitative estimate of drug-likeness (QED) is 0.103. The van der Waals surface area contributed by atoms with E-state index in [1.165, 1.54) is 30.4 Å². The molecule has 0 saturated heterocycles. The summed E-state index contributed by atoms with van der Waals surface area (Å²) in [5.41, 5.74) is 3.86. The van der Waals surface area contributed by atoms with Gasteiger partial charge in [-0.25, -0.2) is 0 Å². The van der Waals surface area contributed by atoms with E-state index in [2.05, 4.69) is 63.5 Å². The summed E-state index contributed by atoms with van der Waals surface area (Å²) >= 11 is 0. The first-order valence-electron chi connectivity index (χ1n) is 13.9. The van der Waals surface area contributed by atoms with Crippen molar-refractivity contribution in [3.05, 3.63) is 23.3 Å². The van der Waals surface area contributed by atoms with E-state index < -0.39 is 16.6 Å². The number of allylic oxidation sites excluding steroid dienone is 3. The van der Waals surface area contributed by atoms with Gasteiger partial charge in [0.15, 0.2) is 8.32 Å². The molecule has 0 radical (unpaired) electrons. The Hall–Kier alpha value is -1.19. The van der Waals surface area contributed by atoms with E-state index in [4.69, 9.17) is 13.7 Å². The molecular weight excluding hydrogens is 470 g/mol. The van der Waals surface area contributed by atoms with E-state index in [0.29, 0.717) is 13.0 Å². The summed E-state index contributed by atoms with van der Waals surface area (Å²) < 4.78 is 12.0. The van der Waals surface area contributed by atoms with Gasteiger partial charge in [-0.1, -0.05) is 56.3 Å². The molecule has 202 valence electrons. The molecule has 0 N–H and O–H groups in total. The second-order valence-corrected chi connectivity index (χ2v) is 20.5. The summed E-state index contributed by atoms with van der Waals surface area (Å²) in [4.78, 5) is 17.4. The van der Waals surface area contributed by atoms with E-state index in [0.717, 1.165) is 57.1 Å². The molecule has 0 saturated carbocycles. The molecule has 0 unspecified atom stereocenters. The van der Waals surface area contributed by atoms with Crippen LogP contribution in [0.4, 0.5) is 0 Å². The third-order valence-corrected chi connectivity index (χ3v) is 7.61. The summed E-state index contributed by atoms with van der Waals surface area (Å²) in [6, 6.07) is 0. The van der Waals surface area contributed by atoms with E-state index in [9.17, 15) is 4.79 Å². The van der Waals surface area contributed by atoms with Crippen LogP contribution in [-0.2, 0) is 18.5 Å². The zero-order valence-electron chi connectivity index (χ0n) is 24.0. The highest BCUT2D eigenvalue weighted by molar-refractivity contribution is 6.71. The number of hydrogen-bond donors (Lipinski definition) is 0. The van der Waals surface area contributed by atoms with Crippen molar-refractivity contribution in [3.8, 4) is 0 Å². The second-order valence-electron chi connectivity index (χ2n) is 11.6.